The van der Waals surface area contributed by atoms with Crippen LogP contribution in [0.5, 0.6) is 0 Å². The van der Waals surface area contributed by atoms with Gasteiger partial charge in [-0.3, -0.25) is 4.79 Å². The lowest BCUT2D eigenvalue weighted by Gasteiger charge is -2.24. The van der Waals surface area contributed by atoms with Gasteiger partial charge in [-0.05, 0) is 6.42 Å². The van der Waals surface area contributed by atoms with E-state index in [1.165, 1.54) is 180 Å². The summed E-state index contributed by atoms with van der Waals surface area (Å²) in [6.45, 7) is 1.54. The zero-order chi connectivity index (χ0) is 33.9. The first-order chi connectivity index (χ1) is 22.5. The molecule has 4 atom stereocenters. The highest BCUT2D eigenvalue weighted by atomic mass is 16.4. The predicted molar refractivity (Wildman–Crippen MR) is 194 cm³/mol. The van der Waals surface area contributed by atoms with E-state index >= 15 is 0 Å². The molecule has 0 amide bonds. The molecular formula is C40H80O6. The van der Waals surface area contributed by atoms with Gasteiger partial charge in [-0.15, -0.1) is 0 Å². The van der Waals surface area contributed by atoms with Crippen LogP contribution in [0, 0.1) is 0 Å². The molecule has 0 saturated heterocycles. The highest BCUT2D eigenvalue weighted by Gasteiger charge is 2.33. The highest BCUT2D eigenvalue weighted by molar-refractivity contribution is 5.83. The van der Waals surface area contributed by atoms with Crippen LogP contribution in [-0.2, 0) is 4.79 Å². The number of aliphatic hydroxyl groups is 5. The molecule has 0 fully saturated rings. The summed E-state index contributed by atoms with van der Waals surface area (Å²) in [6, 6.07) is 0. The molecule has 0 aliphatic carbocycles. The van der Waals surface area contributed by atoms with E-state index in [2.05, 4.69) is 6.92 Å². The van der Waals surface area contributed by atoms with E-state index in [0.29, 0.717) is 6.42 Å². The Balaban J connectivity index is 3.24. The molecule has 0 saturated carbocycles. The molecule has 0 aromatic carbocycles. The van der Waals surface area contributed by atoms with E-state index in [4.69, 9.17) is 5.11 Å². The van der Waals surface area contributed by atoms with Gasteiger partial charge in [0.2, 0.25) is 0 Å². The summed E-state index contributed by atoms with van der Waals surface area (Å²) in [6.07, 6.45) is 36.6. The molecule has 0 heterocycles. The third-order valence-electron chi connectivity index (χ3n) is 9.86. The second-order valence-electron chi connectivity index (χ2n) is 14.4. The van der Waals surface area contributed by atoms with Crippen LogP contribution in [0.1, 0.15) is 219 Å². The van der Waals surface area contributed by atoms with Crippen LogP contribution in [0.2, 0.25) is 0 Å². The Morgan fingerprint density at radius 2 is 0.630 bits per heavy atom. The number of carbonyl (C=O) groups excluding carboxylic acids is 1. The fourth-order valence-electron chi connectivity index (χ4n) is 6.54. The minimum absolute atomic E-state index is 0.139. The molecule has 6 nitrogen and oxygen atoms in total. The van der Waals surface area contributed by atoms with Crippen molar-refractivity contribution < 1.29 is 30.3 Å². The molecule has 46 heavy (non-hydrogen) atoms. The van der Waals surface area contributed by atoms with Crippen LogP contribution >= 0.6 is 0 Å². The number of ketones is 1. The van der Waals surface area contributed by atoms with Gasteiger partial charge in [0.05, 0.1) is 6.61 Å². The lowest BCUT2D eigenvalue weighted by atomic mass is 9.97. The quantitative estimate of drug-likeness (QED) is 0.0422. The molecular weight excluding hydrogens is 576 g/mol. The van der Waals surface area contributed by atoms with Crippen LogP contribution in [0.4, 0.5) is 0 Å². The molecule has 0 bridgehead atoms. The highest BCUT2D eigenvalue weighted by Crippen LogP contribution is 2.17. The van der Waals surface area contributed by atoms with Crippen LogP contribution in [0.25, 0.3) is 0 Å². The molecule has 6 heteroatoms. The van der Waals surface area contributed by atoms with Gasteiger partial charge in [0, 0.05) is 6.42 Å². The zero-order valence-corrected chi connectivity index (χ0v) is 30.5. The SMILES string of the molecule is CCCCCCCCCCCCCCCCCCCCCCCCCCCCCCCCCCC(=O)[C@H](O)[C@@H](O)[C@H](O)[C@H](O)CO. The minimum atomic E-state index is -1.79. The van der Waals surface area contributed by atoms with E-state index in [0.717, 1.165) is 19.3 Å². The van der Waals surface area contributed by atoms with Crippen molar-refractivity contribution in [3.8, 4) is 0 Å². The van der Waals surface area contributed by atoms with Gasteiger partial charge < -0.3 is 25.5 Å². The second kappa shape index (κ2) is 35.8. The Hall–Kier alpha value is -0.530. The first-order valence-corrected chi connectivity index (χ1v) is 20.3. The molecule has 0 aromatic heterocycles. The smallest absolute Gasteiger partial charge is 0.164 e. The number of Topliss-reactive ketones (excluding diaryl/α,β-unsaturated/α-hetero) is 1. The average Bonchev–Trinajstić information content (AvgIpc) is 3.07. The van der Waals surface area contributed by atoms with Crippen molar-refractivity contribution in [2.75, 3.05) is 6.61 Å². The molecule has 0 aromatic rings. The zero-order valence-electron chi connectivity index (χ0n) is 30.5. The van der Waals surface area contributed by atoms with Crippen LogP contribution in [0.15, 0.2) is 0 Å². The molecule has 5 N–H and O–H groups in total. The van der Waals surface area contributed by atoms with Gasteiger partial charge in [-0.2, -0.15) is 0 Å². The standard InChI is InChI=1S/C40H80O6/c1-2-3-4-5-6-7-8-9-10-11-12-13-14-15-16-17-18-19-20-21-22-23-24-25-26-27-28-29-30-31-32-33-34-36(42)38(44)40(46)39(45)37(43)35-41/h37-41,43-46H,2-35H2,1H3/t37-,38+,39-,40-/m1/s1. The monoisotopic (exact) mass is 657 g/mol. The van der Waals surface area contributed by atoms with Gasteiger partial charge in [0.15, 0.2) is 5.78 Å². The van der Waals surface area contributed by atoms with Gasteiger partial charge in [-0.1, -0.05) is 206 Å². The van der Waals surface area contributed by atoms with E-state index in [9.17, 15) is 25.2 Å². The van der Waals surface area contributed by atoms with Crippen molar-refractivity contribution in [3.63, 3.8) is 0 Å². The molecule has 0 aliphatic heterocycles. The predicted octanol–water partition coefficient (Wildman–Crippen LogP) is 9.88. The molecule has 0 aliphatic rings. The Kier molecular flexibility index (Phi) is 35.4. The number of aliphatic hydroxyl groups excluding tert-OH is 5. The van der Waals surface area contributed by atoms with E-state index in [-0.39, 0.29) is 6.42 Å². The van der Waals surface area contributed by atoms with Crippen LogP contribution < -0.4 is 0 Å². The summed E-state index contributed by atoms with van der Waals surface area (Å²) in [5.41, 5.74) is 0. The minimum Gasteiger partial charge on any atom is -0.394 e. The summed E-state index contributed by atoms with van der Waals surface area (Å²) >= 11 is 0. The Bertz CT molecular complexity index is 615. The lowest BCUT2D eigenvalue weighted by Crippen LogP contribution is -2.48. The van der Waals surface area contributed by atoms with E-state index in [1.54, 1.807) is 0 Å². The average molecular weight is 657 g/mol. The second-order valence-corrected chi connectivity index (χ2v) is 14.4. The molecule has 0 rings (SSSR count). The molecule has 0 radical (unpaired) electrons. The van der Waals surface area contributed by atoms with Crippen molar-refractivity contribution in [2.24, 2.45) is 0 Å². The van der Waals surface area contributed by atoms with Crippen molar-refractivity contribution in [1.29, 1.82) is 0 Å². The summed E-state index contributed by atoms with van der Waals surface area (Å²) < 4.78 is 0. The van der Waals surface area contributed by atoms with Crippen molar-refractivity contribution in [1.82, 2.24) is 0 Å². The number of carbonyl (C=O) groups is 1. The third kappa shape index (κ3) is 29.6. The fraction of sp³-hybridized carbons (Fsp3) is 0.975. The third-order valence-corrected chi connectivity index (χ3v) is 9.86. The lowest BCUT2D eigenvalue weighted by molar-refractivity contribution is -0.147. The van der Waals surface area contributed by atoms with Crippen LogP contribution in [0.3, 0.4) is 0 Å². The van der Waals surface area contributed by atoms with Gasteiger partial charge in [-0.25, -0.2) is 0 Å². The van der Waals surface area contributed by atoms with Gasteiger partial charge >= 0.3 is 0 Å². The Morgan fingerprint density at radius 1 is 0.391 bits per heavy atom. The Labute approximate surface area is 285 Å². The van der Waals surface area contributed by atoms with Gasteiger partial charge in [0.1, 0.15) is 24.4 Å². The summed E-state index contributed by atoms with van der Waals surface area (Å²) in [5, 5.41) is 47.4. The normalized spacial score (nSPS) is 14.4. The van der Waals surface area contributed by atoms with Crippen molar-refractivity contribution in [3.05, 3.63) is 0 Å². The topological polar surface area (TPSA) is 118 Å². The number of hydrogen-bond acceptors (Lipinski definition) is 6. The maximum absolute atomic E-state index is 12.0. The maximum atomic E-state index is 12.0. The van der Waals surface area contributed by atoms with Crippen molar-refractivity contribution in [2.45, 2.75) is 243 Å². The largest absolute Gasteiger partial charge is 0.394 e. The Morgan fingerprint density at radius 3 is 0.870 bits per heavy atom. The fourth-order valence-corrected chi connectivity index (χ4v) is 6.54. The summed E-state index contributed by atoms with van der Waals surface area (Å²) in [4.78, 5) is 12.0. The molecule has 0 unspecified atom stereocenters. The first kappa shape index (κ1) is 45.5. The number of hydrogen-bond donors (Lipinski definition) is 5. The number of rotatable bonds is 38. The van der Waals surface area contributed by atoms with Crippen LogP contribution in [-0.4, -0.2) is 62.3 Å². The molecule has 276 valence electrons. The van der Waals surface area contributed by atoms with Gasteiger partial charge in [0.25, 0.3) is 0 Å². The maximum Gasteiger partial charge on any atom is 0.164 e. The van der Waals surface area contributed by atoms with E-state index < -0.39 is 36.8 Å². The summed E-state index contributed by atoms with van der Waals surface area (Å²) in [5.74, 6) is -0.540. The van der Waals surface area contributed by atoms with Crippen molar-refractivity contribution >= 4 is 5.78 Å². The molecule has 0 spiro atoms. The first-order valence-electron chi connectivity index (χ1n) is 20.3. The van der Waals surface area contributed by atoms with E-state index in [1.807, 2.05) is 0 Å². The summed E-state index contributed by atoms with van der Waals surface area (Å²) in [7, 11) is 0. The number of unbranched alkanes of at least 4 members (excludes halogenated alkanes) is 31.